The van der Waals surface area contributed by atoms with Crippen molar-refractivity contribution in [2.45, 2.75) is 0 Å². The summed E-state index contributed by atoms with van der Waals surface area (Å²) in [6.45, 7) is 0. The molecule has 3 heteroatoms. The predicted molar refractivity (Wildman–Crippen MR) is 194 cm³/mol. The van der Waals surface area contributed by atoms with Gasteiger partial charge < -0.3 is 14.4 Å². The van der Waals surface area contributed by atoms with Crippen molar-refractivity contribution in [3.05, 3.63) is 176 Å². The lowest BCUT2D eigenvalue weighted by Crippen LogP contribution is -2.09. The number of hydrogen-bond donors (Lipinski definition) is 0. The monoisotopic (exact) mass is 603 g/mol. The molecule has 0 amide bonds. The minimum absolute atomic E-state index is 0.703. The average Bonchev–Trinajstić information content (AvgIpc) is 3.30. The third kappa shape index (κ3) is 4.95. The number of anilines is 3. The molecule has 1 aliphatic heterocycles. The maximum atomic E-state index is 6.48. The van der Waals surface area contributed by atoms with Gasteiger partial charge in [-0.25, -0.2) is 0 Å². The van der Waals surface area contributed by atoms with Crippen LogP contribution in [-0.2, 0) is 0 Å². The topological polar surface area (TPSA) is 21.7 Å². The van der Waals surface area contributed by atoms with Crippen LogP contribution < -0.4 is 14.4 Å². The highest BCUT2D eigenvalue weighted by atomic mass is 16.5. The molecule has 0 atom stereocenters. The van der Waals surface area contributed by atoms with Crippen LogP contribution in [0.2, 0.25) is 0 Å². The molecule has 0 N–H and O–H groups in total. The summed E-state index contributed by atoms with van der Waals surface area (Å²) in [5.41, 5.74) is 7.88. The maximum Gasteiger partial charge on any atom is 0.170 e. The van der Waals surface area contributed by atoms with E-state index in [1.165, 1.54) is 16.5 Å². The van der Waals surface area contributed by atoms with E-state index in [9.17, 15) is 0 Å². The molecule has 47 heavy (non-hydrogen) atoms. The highest BCUT2D eigenvalue weighted by molar-refractivity contribution is 5.95. The summed E-state index contributed by atoms with van der Waals surface area (Å²) < 4.78 is 12.8. The molecule has 0 aromatic heterocycles. The van der Waals surface area contributed by atoms with Gasteiger partial charge in [0.2, 0.25) is 0 Å². The van der Waals surface area contributed by atoms with Gasteiger partial charge in [0.25, 0.3) is 0 Å². The van der Waals surface area contributed by atoms with Crippen molar-refractivity contribution in [1.82, 2.24) is 0 Å². The van der Waals surface area contributed by atoms with Gasteiger partial charge in [0.05, 0.1) is 5.39 Å². The van der Waals surface area contributed by atoms with Crippen molar-refractivity contribution in [3.8, 4) is 45.3 Å². The predicted octanol–water partition coefficient (Wildman–Crippen LogP) is 12.7. The van der Waals surface area contributed by atoms with E-state index in [0.717, 1.165) is 55.8 Å². The van der Waals surface area contributed by atoms with Gasteiger partial charge >= 0.3 is 0 Å². The smallest absolute Gasteiger partial charge is 0.170 e. The van der Waals surface area contributed by atoms with E-state index in [4.69, 9.17) is 9.47 Å². The molecule has 0 spiro atoms. The Bertz CT molecular complexity index is 2400. The third-order valence-corrected chi connectivity index (χ3v) is 8.87. The number of nitrogens with zero attached hydrogens (tertiary/aromatic N) is 1. The first kappa shape index (κ1) is 27.0. The van der Waals surface area contributed by atoms with Gasteiger partial charge in [-0.2, -0.15) is 0 Å². The molecule has 0 unspecified atom stereocenters. The molecular weight excluding hydrogens is 574 g/mol. The standard InChI is InChI=1S/C44H29NO2/c1-3-9-30(10-4-1)31-19-23-38(24-20-31)45(37-13-5-2-6-14-37)39-25-21-32-17-18-34(27-36(32)28-39)35-22-26-40-43(29-35)47-42-16-8-12-33-11-7-15-41(46-40)44(33)42/h1-29H. The number of rotatable bonds is 5. The molecule has 0 saturated carbocycles. The lowest BCUT2D eigenvalue weighted by molar-refractivity contribution is 0.439. The summed E-state index contributed by atoms with van der Waals surface area (Å²) in [7, 11) is 0. The summed E-state index contributed by atoms with van der Waals surface area (Å²) in [6, 6.07) is 61.5. The van der Waals surface area contributed by atoms with Gasteiger partial charge in [0.15, 0.2) is 11.5 Å². The first-order valence-corrected chi connectivity index (χ1v) is 15.8. The lowest BCUT2D eigenvalue weighted by Gasteiger charge is -2.26. The zero-order valence-corrected chi connectivity index (χ0v) is 25.5. The Morgan fingerprint density at radius 2 is 0.872 bits per heavy atom. The second-order valence-corrected chi connectivity index (χ2v) is 11.8. The quantitative estimate of drug-likeness (QED) is 0.195. The van der Waals surface area contributed by atoms with Crippen LogP contribution >= 0.6 is 0 Å². The van der Waals surface area contributed by atoms with Crippen LogP contribution in [0.25, 0.3) is 43.8 Å². The van der Waals surface area contributed by atoms with Crippen LogP contribution in [0.3, 0.4) is 0 Å². The highest BCUT2D eigenvalue weighted by Crippen LogP contribution is 2.47. The van der Waals surface area contributed by atoms with Gasteiger partial charge in [0.1, 0.15) is 11.5 Å². The van der Waals surface area contributed by atoms with Crippen molar-refractivity contribution in [1.29, 1.82) is 0 Å². The summed E-state index contributed by atoms with van der Waals surface area (Å²) in [4.78, 5) is 2.31. The molecular formula is C44H29NO2. The fraction of sp³-hybridized carbons (Fsp3) is 0. The van der Waals surface area contributed by atoms with Gasteiger partial charge in [0, 0.05) is 17.1 Å². The number of hydrogen-bond acceptors (Lipinski definition) is 3. The summed E-state index contributed by atoms with van der Waals surface area (Å²) in [6.07, 6.45) is 0. The van der Waals surface area contributed by atoms with E-state index < -0.39 is 0 Å². The molecule has 3 nitrogen and oxygen atoms in total. The summed E-state index contributed by atoms with van der Waals surface area (Å²) in [5, 5.41) is 4.42. The van der Waals surface area contributed by atoms with Crippen molar-refractivity contribution in [2.75, 3.05) is 4.90 Å². The fourth-order valence-corrected chi connectivity index (χ4v) is 6.54. The van der Waals surface area contributed by atoms with E-state index in [1.807, 2.05) is 30.3 Å². The Kier molecular flexibility index (Phi) is 6.46. The Morgan fingerprint density at radius 1 is 0.298 bits per heavy atom. The van der Waals surface area contributed by atoms with Gasteiger partial charge in [-0.1, -0.05) is 109 Å². The van der Waals surface area contributed by atoms with Crippen molar-refractivity contribution >= 4 is 38.6 Å². The van der Waals surface area contributed by atoms with Crippen molar-refractivity contribution in [2.24, 2.45) is 0 Å². The van der Waals surface area contributed by atoms with Crippen LogP contribution in [0.15, 0.2) is 176 Å². The molecule has 0 radical (unpaired) electrons. The van der Waals surface area contributed by atoms with Crippen molar-refractivity contribution < 1.29 is 9.47 Å². The first-order valence-electron chi connectivity index (χ1n) is 15.8. The minimum Gasteiger partial charge on any atom is -0.453 e. The number of benzene rings is 8. The van der Waals surface area contributed by atoms with Gasteiger partial charge in [-0.3, -0.25) is 0 Å². The molecule has 9 rings (SSSR count). The summed E-state index contributed by atoms with van der Waals surface area (Å²) in [5.74, 6) is 3.02. The van der Waals surface area contributed by atoms with E-state index in [1.54, 1.807) is 0 Å². The Labute approximate surface area is 273 Å². The zero-order valence-electron chi connectivity index (χ0n) is 25.5. The highest BCUT2D eigenvalue weighted by Gasteiger charge is 2.19. The van der Waals surface area contributed by atoms with Crippen LogP contribution in [0.1, 0.15) is 0 Å². The van der Waals surface area contributed by atoms with Crippen LogP contribution in [0.4, 0.5) is 17.1 Å². The molecule has 0 bridgehead atoms. The fourth-order valence-electron chi connectivity index (χ4n) is 6.54. The van der Waals surface area contributed by atoms with Crippen LogP contribution in [0, 0.1) is 0 Å². The molecule has 1 aliphatic rings. The molecule has 8 aromatic carbocycles. The SMILES string of the molecule is c1ccc(-c2ccc(N(c3ccccc3)c3ccc4ccc(-c5ccc6c(c5)Oc5cccc7cccc(c57)O6)cc4c3)cc2)cc1. The molecule has 8 aromatic rings. The maximum absolute atomic E-state index is 6.48. The number of ether oxygens (including phenoxy) is 2. The van der Waals surface area contributed by atoms with Gasteiger partial charge in [-0.15, -0.1) is 0 Å². The molecule has 0 fully saturated rings. The first-order chi connectivity index (χ1) is 23.3. The van der Waals surface area contributed by atoms with Gasteiger partial charge in [-0.05, 0) is 105 Å². The second kappa shape index (κ2) is 11.2. The normalized spacial score (nSPS) is 11.7. The molecule has 0 aliphatic carbocycles. The number of fused-ring (bicyclic) bond motifs is 2. The third-order valence-electron chi connectivity index (χ3n) is 8.87. The van der Waals surface area contributed by atoms with E-state index >= 15 is 0 Å². The number of para-hydroxylation sites is 1. The van der Waals surface area contributed by atoms with E-state index in [2.05, 4.69) is 150 Å². The van der Waals surface area contributed by atoms with E-state index in [-0.39, 0.29) is 0 Å². The minimum atomic E-state index is 0.703. The van der Waals surface area contributed by atoms with Crippen molar-refractivity contribution in [3.63, 3.8) is 0 Å². The molecule has 0 saturated heterocycles. The Balaban J connectivity index is 1.10. The largest absolute Gasteiger partial charge is 0.453 e. The average molecular weight is 604 g/mol. The lowest BCUT2D eigenvalue weighted by atomic mass is 10.00. The Hall–Kier alpha value is -6.32. The van der Waals surface area contributed by atoms with Crippen LogP contribution in [-0.4, -0.2) is 0 Å². The van der Waals surface area contributed by atoms with Crippen LogP contribution in [0.5, 0.6) is 23.0 Å². The molecule has 1 heterocycles. The zero-order chi connectivity index (χ0) is 31.2. The molecule has 222 valence electrons. The summed E-state index contributed by atoms with van der Waals surface area (Å²) >= 11 is 0. The van der Waals surface area contributed by atoms with E-state index in [0.29, 0.717) is 11.5 Å². The Morgan fingerprint density at radius 3 is 1.64 bits per heavy atom. The second-order valence-electron chi connectivity index (χ2n) is 11.8.